The summed E-state index contributed by atoms with van der Waals surface area (Å²) in [6.07, 6.45) is 0.851. The molecule has 1 rings (SSSR count). The van der Waals surface area contributed by atoms with Gasteiger partial charge in [-0.2, -0.15) is 0 Å². The maximum atomic E-state index is 10.2. The van der Waals surface area contributed by atoms with Crippen molar-refractivity contribution < 1.29 is 4.92 Å². The third-order valence-electron chi connectivity index (χ3n) is 1.80. The Kier molecular flexibility index (Phi) is 2.80. The molecule has 1 aromatic rings. The Morgan fingerprint density at radius 1 is 1.33 bits per heavy atom. The summed E-state index contributed by atoms with van der Waals surface area (Å²) in [6.45, 7) is 1.93. The fourth-order valence-electron chi connectivity index (χ4n) is 1.20. The Bertz CT molecular complexity index is 284. The van der Waals surface area contributed by atoms with Crippen LogP contribution in [0, 0.1) is 10.1 Å². The topological polar surface area (TPSA) is 43.1 Å². The molecule has 0 radical (unpaired) electrons. The van der Waals surface area contributed by atoms with Gasteiger partial charge in [0.1, 0.15) is 0 Å². The molecule has 0 aliphatic rings. The van der Waals surface area contributed by atoms with E-state index in [1.165, 1.54) is 0 Å². The lowest BCUT2D eigenvalue weighted by atomic mass is 10.1. The van der Waals surface area contributed by atoms with E-state index in [0.29, 0.717) is 0 Å². The average molecular weight is 165 g/mol. The van der Waals surface area contributed by atoms with E-state index in [-0.39, 0.29) is 11.5 Å². The Balaban J connectivity index is 2.89. The zero-order valence-electron chi connectivity index (χ0n) is 6.99. The number of hydrogen-bond acceptors (Lipinski definition) is 2. The highest BCUT2D eigenvalue weighted by Crippen LogP contribution is 2.09. The molecule has 0 fully saturated rings. The van der Waals surface area contributed by atoms with E-state index >= 15 is 0 Å². The Hall–Kier alpha value is -1.38. The van der Waals surface area contributed by atoms with Crippen molar-refractivity contribution in [2.75, 3.05) is 0 Å². The molecule has 64 valence electrons. The number of nitrogens with zero attached hydrogens (tertiary/aromatic N) is 1. The molecule has 0 N–H and O–H groups in total. The minimum absolute atomic E-state index is 0.0655. The first-order valence-electron chi connectivity index (χ1n) is 3.92. The molecule has 0 bridgehead atoms. The molecule has 1 aromatic carbocycles. The number of rotatable bonds is 3. The highest BCUT2D eigenvalue weighted by molar-refractivity contribution is 5.26. The van der Waals surface area contributed by atoms with E-state index in [2.05, 4.69) is 0 Å². The summed E-state index contributed by atoms with van der Waals surface area (Å²) >= 11 is 0. The van der Waals surface area contributed by atoms with Crippen LogP contribution in [0.2, 0.25) is 0 Å². The maximum Gasteiger partial charge on any atom is 0.229 e. The Labute approximate surface area is 71.2 Å². The van der Waals surface area contributed by atoms with Gasteiger partial charge in [-0.25, -0.2) is 0 Å². The van der Waals surface area contributed by atoms with E-state index in [0.717, 1.165) is 17.5 Å². The van der Waals surface area contributed by atoms with E-state index in [1.807, 2.05) is 31.2 Å². The molecule has 12 heavy (non-hydrogen) atoms. The van der Waals surface area contributed by atoms with Gasteiger partial charge in [-0.1, -0.05) is 31.2 Å². The molecule has 0 saturated heterocycles. The monoisotopic (exact) mass is 165 g/mol. The zero-order valence-corrected chi connectivity index (χ0v) is 6.99. The van der Waals surface area contributed by atoms with Crippen LogP contribution in [0.3, 0.4) is 0 Å². The van der Waals surface area contributed by atoms with Gasteiger partial charge in [-0.15, -0.1) is 0 Å². The van der Waals surface area contributed by atoms with Crippen LogP contribution in [0.4, 0.5) is 0 Å². The largest absolute Gasteiger partial charge is 0.264 e. The van der Waals surface area contributed by atoms with Crippen LogP contribution in [0.1, 0.15) is 18.1 Å². The standard InChI is InChI=1S/C9H11NO2/c1-2-8-5-3-4-6-9(8)7-10(11)12/h3-6H,2,7H2,1H3. The summed E-state index contributed by atoms with van der Waals surface area (Å²) in [4.78, 5) is 9.95. The zero-order chi connectivity index (χ0) is 8.97. The van der Waals surface area contributed by atoms with E-state index in [9.17, 15) is 10.1 Å². The van der Waals surface area contributed by atoms with Gasteiger partial charge >= 0.3 is 0 Å². The summed E-state index contributed by atoms with van der Waals surface area (Å²) in [5.74, 6) is 0. The number of nitro groups is 1. The van der Waals surface area contributed by atoms with E-state index in [4.69, 9.17) is 0 Å². The van der Waals surface area contributed by atoms with E-state index in [1.54, 1.807) is 0 Å². The van der Waals surface area contributed by atoms with Crippen LogP contribution < -0.4 is 0 Å². The van der Waals surface area contributed by atoms with Crippen molar-refractivity contribution in [3.05, 3.63) is 45.5 Å². The van der Waals surface area contributed by atoms with Gasteiger partial charge in [0.15, 0.2) is 0 Å². The average Bonchev–Trinajstić information content (AvgIpc) is 2.04. The molecule has 0 aliphatic heterocycles. The van der Waals surface area contributed by atoms with Crippen LogP contribution in [0.15, 0.2) is 24.3 Å². The normalized spacial score (nSPS) is 9.75. The first kappa shape index (κ1) is 8.71. The highest BCUT2D eigenvalue weighted by atomic mass is 16.6. The van der Waals surface area contributed by atoms with Gasteiger partial charge in [0.2, 0.25) is 6.54 Å². The number of hydrogen-bond donors (Lipinski definition) is 0. The molecule has 0 atom stereocenters. The molecule has 0 spiro atoms. The summed E-state index contributed by atoms with van der Waals surface area (Å²) < 4.78 is 0. The van der Waals surface area contributed by atoms with Gasteiger partial charge in [-0.05, 0) is 12.0 Å². The predicted molar refractivity (Wildman–Crippen MR) is 46.5 cm³/mol. The molecular weight excluding hydrogens is 154 g/mol. The first-order valence-corrected chi connectivity index (χ1v) is 3.92. The van der Waals surface area contributed by atoms with Crippen molar-refractivity contribution in [2.24, 2.45) is 0 Å². The lowest BCUT2D eigenvalue weighted by molar-refractivity contribution is -0.496. The van der Waals surface area contributed by atoms with Gasteiger partial charge in [-0.3, -0.25) is 10.1 Å². The molecule has 0 amide bonds. The fourth-order valence-corrected chi connectivity index (χ4v) is 1.20. The molecule has 3 heteroatoms. The van der Waals surface area contributed by atoms with Crippen LogP contribution in [0.25, 0.3) is 0 Å². The molecule has 0 saturated carbocycles. The molecule has 0 unspecified atom stereocenters. The quantitative estimate of drug-likeness (QED) is 0.508. The smallest absolute Gasteiger partial charge is 0.229 e. The van der Waals surface area contributed by atoms with Crippen LogP contribution >= 0.6 is 0 Å². The fraction of sp³-hybridized carbons (Fsp3) is 0.333. The van der Waals surface area contributed by atoms with Gasteiger partial charge in [0.05, 0.1) is 0 Å². The van der Waals surface area contributed by atoms with Crippen molar-refractivity contribution in [3.63, 3.8) is 0 Å². The second-order valence-electron chi connectivity index (χ2n) is 2.61. The summed E-state index contributed by atoms with van der Waals surface area (Å²) in [5.41, 5.74) is 1.89. The molecule has 3 nitrogen and oxygen atoms in total. The minimum Gasteiger partial charge on any atom is -0.264 e. The number of benzene rings is 1. The van der Waals surface area contributed by atoms with Crippen LogP contribution in [-0.4, -0.2) is 4.92 Å². The lowest BCUT2D eigenvalue weighted by Gasteiger charge is -2.01. The molecule has 0 heterocycles. The van der Waals surface area contributed by atoms with Gasteiger partial charge < -0.3 is 0 Å². The SMILES string of the molecule is CCc1ccccc1C[N+](=O)[O-]. The van der Waals surface area contributed by atoms with Crippen molar-refractivity contribution in [2.45, 2.75) is 19.9 Å². The summed E-state index contributed by atoms with van der Waals surface area (Å²) in [5, 5.41) is 10.2. The maximum absolute atomic E-state index is 10.2. The number of aryl methyl sites for hydroxylation is 1. The summed E-state index contributed by atoms with van der Waals surface area (Å²) in [6, 6.07) is 7.47. The Morgan fingerprint density at radius 2 is 1.92 bits per heavy atom. The molecular formula is C9H11NO2. The van der Waals surface area contributed by atoms with E-state index < -0.39 is 0 Å². The van der Waals surface area contributed by atoms with Gasteiger partial charge in [0.25, 0.3) is 0 Å². The summed E-state index contributed by atoms with van der Waals surface area (Å²) in [7, 11) is 0. The second-order valence-corrected chi connectivity index (χ2v) is 2.61. The van der Waals surface area contributed by atoms with Crippen molar-refractivity contribution in [3.8, 4) is 0 Å². The Morgan fingerprint density at radius 3 is 2.42 bits per heavy atom. The van der Waals surface area contributed by atoms with Gasteiger partial charge in [0, 0.05) is 10.5 Å². The lowest BCUT2D eigenvalue weighted by Crippen LogP contribution is -2.01. The van der Waals surface area contributed by atoms with Crippen molar-refractivity contribution in [1.29, 1.82) is 0 Å². The molecule has 0 aliphatic carbocycles. The van der Waals surface area contributed by atoms with Crippen molar-refractivity contribution in [1.82, 2.24) is 0 Å². The molecule has 0 aromatic heterocycles. The third-order valence-corrected chi connectivity index (χ3v) is 1.80. The van der Waals surface area contributed by atoms with Crippen molar-refractivity contribution >= 4 is 0 Å². The van der Waals surface area contributed by atoms with Crippen LogP contribution in [-0.2, 0) is 13.0 Å². The first-order chi connectivity index (χ1) is 5.74. The minimum atomic E-state index is -0.297. The van der Waals surface area contributed by atoms with Crippen LogP contribution in [0.5, 0.6) is 0 Å². The second kappa shape index (κ2) is 3.85. The predicted octanol–water partition coefficient (Wildman–Crippen LogP) is 2.03. The third kappa shape index (κ3) is 2.05. The highest BCUT2D eigenvalue weighted by Gasteiger charge is 2.04.